The molecule has 1 atom stereocenters. The summed E-state index contributed by atoms with van der Waals surface area (Å²) in [5.41, 5.74) is 2.85. The smallest absolute Gasteiger partial charge is 0.323 e. The summed E-state index contributed by atoms with van der Waals surface area (Å²) >= 11 is 0. The highest BCUT2D eigenvalue weighted by Gasteiger charge is 2.37. The third kappa shape index (κ3) is 3.31. The first-order chi connectivity index (χ1) is 8.97. The maximum atomic E-state index is 11.1. The average molecular weight is 262 g/mol. The molecule has 0 spiro atoms. The maximum Gasteiger partial charge on any atom is 0.323 e. The fourth-order valence-electron chi connectivity index (χ4n) is 1.83. The monoisotopic (exact) mass is 262 g/mol. The van der Waals surface area contributed by atoms with Crippen LogP contribution in [0.15, 0.2) is 24.3 Å². The fourth-order valence-corrected chi connectivity index (χ4v) is 1.83. The van der Waals surface area contributed by atoms with Crippen molar-refractivity contribution in [2.45, 2.75) is 13.0 Å². The number of carbonyl (C=O) groups excluding carboxylic acids is 2. The molecule has 0 saturated carbocycles. The zero-order chi connectivity index (χ0) is 14.0. The Morgan fingerprint density at radius 2 is 2.05 bits per heavy atom. The number of benzene rings is 1. The average Bonchev–Trinajstić information content (AvgIpc) is 2.94. The van der Waals surface area contributed by atoms with Crippen LogP contribution in [-0.2, 0) is 14.4 Å². The van der Waals surface area contributed by atoms with Gasteiger partial charge in [-0.25, -0.2) is 0 Å². The van der Waals surface area contributed by atoms with Crippen molar-refractivity contribution in [2.24, 2.45) is 0 Å². The minimum Gasteiger partial charge on any atom is -0.480 e. The van der Waals surface area contributed by atoms with Crippen molar-refractivity contribution in [3.8, 4) is 11.1 Å². The van der Waals surface area contributed by atoms with Crippen molar-refractivity contribution < 1.29 is 19.5 Å². The van der Waals surface area contributed by atoms with Crippen LogP contribution in [0.25, 0.3) is 11.1 Å². The van der Waals surface area contributed by atoms with Gasteiger partial charge in [0.05, 0.1) is 6.54 Å². The van der Waals surface area contributed by atoms with E-state index < -0.39 is 12.0 Å². The molecule has 100 valence electrons. The lowest BCUT2D eigenvalue weighted by Gasteiger charge is -2.37. The molecule has 2 N–H and O–H groups in total. The van der Waals surface area contributed by atoms with Gasteiger partial charge in [0.15, 0.2) is 0 Å². The zero-order valence-corrected chi connectivity index (χ0v) is 10.4. The number of likely N-dealkylation sites (tertiary alicyclic amines) is 1. The summed E-state index contributed by atoms with van der Waals surface area (Å²) in [5, 5.41) is 10.8. The lowest BCUT2D eigenvalue weighted by atomic mass is 10.1. The number of aliphatic carboxylic acids is 1. The molecule has 19 heavy (non-hydrogen) atoms. The molecule has 3 rings (SSSR count). The quantitative estimate of drug-likeness (QED) is 0.767. The molecular weight excluding hydrogens is 248 g/mol. The number of carboxylic acids is 1. The van der Waals surface area contributed by atoms with Crippen LogP contribution >= 0.6 is 0 Å². The highest BCUT2D eigenvalue weighted by Crippen LogP contribution is 2.32. The number of amides is 2. The number of carboxylic acid groups (broad SMARTS) is 1. The van der Waals surface area contributed by atoms with Gasteiger partial charge in [-0.15, -0.1) is 0 Å². The molecule has 2 aliphatic carbocycles. The maximum absolute atomic E-state index is 11.1. The number of nitrogens with one attached hydrogen (secondary N) is 1. The summed E-state index contributed by atoms with van der Waals surface area (Å²) in [6.07, 6.45) is 0. The summed E-state index contributed by atoms with van der Waals surface area (Å²) < 4.78 is 0. The second-order valence-electron chi connectivity index (χ2n) is 4.45. The largest absolute Gasteiger partial charge is 0.480 e. The Balaban J connectivity index is 0.000000180. The van der Waals surface area contributed by atoms with Crippen molar-refractivity contribution in [3.05, 3.63) is 24.3 Å². The van der Waals surface area contributed by atoms with Crippen LogP contribution in [0.2, 0.25) is 0 Å². The number of β-lactam (4-membered cyclic amide) rings is 1. The highest BCUT2D eigenvalue weighted by molar-refractivity contribution is 5.93. The van der Waals surface area contributed by atoms with Gasteiger partial charge in [0.25, 0.3) is 0 Å². The molecular formula is C13H14N2O4. The molecule has 0 aromatic rings. The van der Waals surface area contributed by atoms with Crippen molar-refractivity contribution >= 4 is 17.8 Å². The van der Waals surface area contributed by atoms with Crippen molar-refractivity contribution in [1.82, 2.24) is 10.2 Å². The molecule has 1 unspecified atom stereocenters. The molecule has 1 fully saturated rings. The second kappa shape index (κ2) is 5.09. The summed E-state index contributed by atoms with van der Waals surface area (Å²) in [6.45, 7) is 1.30. The van der Waals surface area contributed by atoms with Gasteiger partial charge in [0.1, 0.15) is 12.6 Å². The lowest BCUT2D eigenvalue weighted by Crippen LogP contribution is -2.64. The summed E-state index contributed by atoms with van der Waals surface area (Å²) in [6, 6.07) is 7.95. The van der Waals surface area contributed by atoms with E-state index in [0.717, 1.165) is 0 Å². The molecule has 2 amide bonds. The molecule has 1 heterocycles. The summed E-state index contributed by atoms with van der Waals surface area (Å²) in [7, 11) is 0. The van der Waals surface area contributed by atoms with Crippen LogP contribution in [0, 0.1) is 0 Å². The first-order valence-electron chi connectivity index (χ1n) is 5.85. The minimum absolute atomic E-state index is 0.282. The molecule has 3 aliphatic rings. The van der Waals surface area contributed by atoms with Crippen molar-refractivity contribution in [3.63, 3.8) is 0 Å². The normalized spacial score (nSPS) is 17.8. The number of carbonyl (C=O) groups is 3. The third-order valence-corrected chi connectivity index (χ3v) is 2.83. The van der Waals surface area contributed by atoms with Crippen LogP contribution in [0.4, 0.5) is 0 Å². The van der Waals surface area contributed by atoms with Crippen LogP contribution in [0.5, 0.6) is 0 Å². The Kier molecular flexibility index (Phi) is 3.50. The van der Waals surface area contributed by atoms with E-state index in [1.807, 2.05) is 0 Å². The van der Waals surface area contributed by atoms with Crippen LogP contribution in [0.3, 0.4) is 0 Å². The van der Waals surface area contributed by atoms with E-state index in [-0.39, 0.29) is 24.9 Å². The number of hydrogen-bond donors (Lipinski definition) is 2. The Morgan fingerprint density at radius 1 is 1.42 bits per heavy atom. The van der Waals surface area contributed by atoms with Gasteiger partial charge in [-0.3, -0.25) is 14.4 Å². The van der Waals surface area contributed by atoms with Gasteiger partial charge in [0, 0.05) is 6.92 Å². The van der Waals surface area contributed by atoms with Crippen molar-refractivity contribution in [1.29, 1.82) is 0 Å². The Morgan fingerprint density at radius 3 is 2.37 bits per heavy atom. The Hall–Kier alpha value is -2.37. The fraction of sp³-hybridized carbons (Fsp3) is 0.308. The van der Waals surface area contributed by atoms with Gasteiger partial charge in [-0.05, 0) is 17.2 Å². The summed E-state index contributed by atoms with van der Waals surface area (Å²) in [5.74, 6) is -1.67. The summed E-state index contributed by atoms with van der Waals surface area (Å²) in [4.78, 5) is 33.0. The molecule has 1 saturated heterocycles. The van der Waals surface area contributed by atoms with Gasteiger partial charge < -0.3 is 15.3 Å². The lowest BCUT2D eigenvalue weighted by molar-refractivity contribution is -0.153. The number of rotatable bonds is 3. The standard InChI is InChI=1S/C7H10N2O4.C6H4/c1-4(10)8-5-2-9(7(5)13)3-6(11)12;1-2-5-4-6(5)3-1/h5H,2-3H2,1H3,(H,8,10)(H,11,12);1-4H. The topological polar surface area (TPSA) is 86.7 Å². The first-order valence-corrected chi connectivity index (χ1v) is 5.85. The minimum atomic E-state index is -1.05. The van der Waals surface area contributed by atoms with Gasteiger partial charge in [-0.2, -0.15) is 0 Å². The third-order valence-electron chi connectivity index (χ3n) is 2.83. The predicted molar refractivity (Wildman–Crippen MR) is 67.3 cm³/mol. The highest BCUT2D eigenvalue weighted by atomic mass is 16.4. The SMILES string of the molecule is CC(=O)NC1CN(CC(=O)O)C1=O.c1cc2cc-2c1. The zero-order valence-electron chi connectivity index (χ0n) is 10.4. The molecule has 0 radical (unpaired) electrons. The molecule has 1 aliphatic heterocycles. The van der Waals surface area contributed by atoms with E-state index in [1.165, 1.54) is 23.0 Å². The van der Waals surface area contributed by atoms with Crippen LogP contribution < -0.4 is 5.32 Å². The van der Waals surface area contributed by atoms with Gasteiger partial charge >= 0.3 is 5.97 Å². The Bertz CT molecular complexity index is 500. The number of hydrogen-bond acceptors (Lipinski definition) is 3. The van der Waals surface area contributed by atoms with E-state index in [2.05, 4.69) is 29.6 Å². The molecule has 0 aromatic carbocycles. The molecule has 0 bridgehead atoms. The Labute approximate surface area is 110 Å². The molecule has 6 heteroatoms. The molecule has 0 aromatic heterocycles. The predicted octanol–water partition coefficient (Wildman–Crippen LogP) is 0.0849. The van der Waals surface area contributed by atoms with E-state index >= 15 is 0 Å². The van der Waals surface area contributed by atoms with Crippen molar-refractivity contribution in [2.75, 3.05) is 13.1 Å². The van der Waals surface area contributed by atoms with E-state index in [1.54, 1.807) is 0 Å². The number of nitrogens with zero attached hydrogens (tertiary/aromatic N) is 1. The number of fused-ring (bicyclic) bond motifs is 1. The second-order valence-corrected chi connectivity index (χ2v) is 4.45. The van der Waals surface area contributed by atoms with E-state index in [4.69, 9.17) is 5.11 Å². The first kappa shape index (κ1) is 13.1. The van der Waals surface area contributed by atoms with E-state index in [0.29, 0.717) is 0 Å². The van der Waals surface area contributed by atoms with E-state index in [9.17, 15) is 14.4 Å². The van der Waals surface area contributed by atoms with Gasteiger partial charge in [-0.1, -0.05) is 18.2 Å². The van der Waals surface area contributed by atoms with Crippen LogP contribution in [-0.4, -0.2) is 46.9 Å². The van der Waals surface area contributed by atoms with Crippen LogP contribution in [0.1, 0.15) is 6.92 Å². The molecule has 6 nitrogen and oxygen atoms in total. The van der Waals surface area contributed by atoms with Gasteiger partial charge in [0.2, 0.25) is 11.8 Å².